The summed E-state index contributed by atoms with van der Waals surface area (Å²) in [5.74, 6) is 2.53. The molecule has 2 aliphatic heterocycles. The van der Waals surface area contributed by atoms with Crippen LogP contribution in [-0.2, 0) is 6.54 Å². The molecule has 0 saturated carbocycles. The minimum absolute atomic E-state index is 0.225. The van der Waals surface area contributed by atoms with Crippen molar-refractivity contribution in [2.24, 2.45) is 5.92 Å². The first kappa shape index (κ1) is 22.9. The second kappa shape index (κ2) is 10.2. The molecular formula is C26H29ClN4O3. The SMILES string of the molecule is COc1cccc(-c2cc3c(c(OC)c2)OCCN(CC2CNNC2c2ccc(Cl)cc2)C3)n1. The van der Waals surface area contributed by atoms with E-state index in [4.69, 9.17) is 25.8 Å². The van der Waals surface area contributed by atoms with Gasteiger partial charge in [-0.05, 0) is 35.9 Å². The van der Waals surface area contributed by atoms with E-state index in [2.05, 4.69) is 38.9 Å². The van der Waals surface area contributed by atoms with Crippen LogP contribution in [0.25, 0.3) is 11.3 Å². The number of hydrazine groups is 1. The van der Waals surface area contributed by atoms with Crippen LogP contribution in [0.5, 0.6) is 17.4 Å². The Morgan fingerprint density at radius 1 is 1.12 bits per heavy atom. The topological polar surface area (TPSA) is 67.9 Å². The third-order valence-electron chi connectivity index (χ3n) is 6.44. The standard InChI is InChI=1S/C26H29ClN4O3/c1-32-23-13-18(22-4-3-5-24(29-22)33-2)12-19-15-31(10-11-34-26(19)23)16-20-14-28-30-25(20)17-6-8-21(27)9-7-17/h3-9,12-13,20,25,28,30H,10-11,14-16H2,1-2H3. The van der Waals surface area contributed by atoms with Crippen molar-refractivity contribution in [3.63, 3.8) is 0 Å². The molecule has 1 aromatic heterocycles. The highest BCUT2D eigenvalue weighted by Crippen LogP contribution is 2.38. The van der Waals surface area contributed by atoms with E-state index in [1.54, 1.807) is 14.2 Å². The number of aromatic nitrogens is 1. The molecule has 1 fully saturated rings. The van der Waals surface area contributed by atoms with Gasteiger partial charge in [-0.25, -0.2) is 10.4 Å². The average Bonchev–Trinajstić information content (AvgIpc) is 3.22. The smallest absolute Gasteiger partial charge is 0.213 e. The highest BCUT2D eigenvalue weighted by molar-refractivity contribution is 6.30. The molecule has 3 heterocycles. The number of fused-ring (bicyclic) bond motifs is 1. The van der Waals surface area contributed by atoms with Crippen LogP contribution >= 0.6 is 11.6 Å². The first-order valence-electron chi connectivity index (χ1n) is 11.5. The summed E-state index contributed by atoms with van der Waals surface area (Å²) in [5, 5.41) is 0.753. The van der Waals surface area contributed by atoms with Gasteiger partial charge in [0.05, 0.1) is 26.0 Å². The fourth-order valence-corrected chi connectivity index (χ4v) is 4.87. The lowest BCUT2D eigenvalue weighted by atomic mass is 9.94. The normalized spacial score (nSPS) is 20.3. The third-order valence-corrected chi connectivity index (χ3v) is 6.70. The first-order valence-corrected chi connectivity index (χ1v) is 11.8. The van der Waals surface area contributed by atoms with Gasteiger partial charge in [0.1, 0.15) is 6.61 Å². The molecule has 2 aromatic carbocycles. The number of hydrogen-bond donors (Lipinski definition) is 2. The second-order valence-corrected chi connectivity index (χ2v) is 9.07. The number of ether oxygens (including phenoxy) is 3. The van der Waals surface area contributed by atoms with Crippen LogP contribution in [-0.4, -0.2) is 50.3 Å². The molecule has 8 heteroatoms. The quantitative estimate of drug-likeness (QED) is 0.551. The van der Waals surface area contributed by atoms with E-state index in [1.165, 1.54) is 5.56 Å². The Morgan fingerprint density at radius 3 is 2.76 bits per heavy atom. The predicted octanol–water partition coefficient (Wildman–Crippen LogP) is 4.08. The number of benzene rings is 2. The van der Waals surface area contributed by atoms with Crippen LogP contribution in [0.1, 0.15) is 17.2 Å². The van der Waals surface area contributed by atoms with Gasteiger partial charge in [0, 0.05) is 54.3 Å². The summed E-state index contributed by atoms with van der Waals surface area (Å²) < 4.78 is 17.2. The summed E-state index contributed by atoms with van der Waals surface area (Å²) in [6.07, 6.45) is 0. The fraction of sp³-hybridized carbons (Fsp3) is 0.346. The largest absolute Gasteiger partial charge is 0.493 e. The third kappa shape index (κ3) is 4.83. The van der Waals surface area contributed by atoms with E-state index in [9.17, 15) is 0 Å². The number of hydrogen-bond acceptors (Lipinski definition) is 7. The molecule has 7 nitrogen and oxygen atoms in total. The molecule has 3 aromatic rings. The Morgan fingerprint density at radius 2 is 1.97 bits per heavy atom. The van der Waals surface area contributed by atoms with Crippen molar-refractivity contribution in [1.29, 1.82) is 0 Å². The van der Waals surface area contributed by atoms with Crippen molar-refractivity contribution >= 4 is 11.6 Å². The summed E-state index contributed by atoms with van der Waals surface area (Å²) >= 11 is 6.10. The molecule has 2 unspecified atom stereocenters. The van der Waals surface area contributed by atoms with E-state index < -0.39 is 0 Å². The lowest BCUT2D eigenvalue weighted by Gasteiger charge is -2.26. The van der Waals surface area contributed by atoms with Crippen molar-refractivity contribution < 1.29 is 14.2 Å². The van der Waals surface area contributed by atoms with Gasteiger partial charge in [-0.2, -0.15) is 0 Å². The molecule has 1 saturated heterocycles. The number of rotatable bonds is 6. The number of halogens is 1. The van der Waals surface area contributed by atoms with Gasteiger partial charge in [-0.15, -0.1) is 0 Å². The number of nitrogens with one attached hydrogen (secondary N) is 2. The zero-order valence-corrected chi connectivity index (χ0v) is 20.1. The van der Waals surface area contributed by atoms with Crippen molar-refractivity contribution in [3.05, 3.63) is 70.7 Å². The molecule has 2 N–H and O–H groups in total. The van der Waals surface area contributed by atoms with Crippen molar-refractivity contribution in [2.75, 3.05) is 40.5 Å². The fourth-order valence-electron chi connectivity index (χ4n) is 4.75. The van der Waals surface area contributed by atoms with E-state index in [0.717, 1.165) is 59.5 Å². The zero-order chi connectivity index (χ0) is 23.5. The van der Waals surface area contributed by atoms with Gasteiger partial charge >= 0.3 is 0 Å². The van der Waals surface area contributed by atoms with E-state index in [0.29, 0.717) is 18.4 Å². The maximum absolute atomic E-state index is 6.17. The first-order chi connectivity index (χ1) is 16.6. The van der Waals surface area contributed by atoms with Gasteiger partial charge < -0.3 is 14.2 Å². The van der Waals surface area contributed by atoms with Gasteiger partial charge in [-0.1, -0.05) is 29.8 Å². The van der Waals surface area contributed by atoms with Crippen molar-refractivity contribution in [1.82, 2.24) is 20.7 Å². The average molecular weight is 481 g/mol. The van der Waals surface area contributed by atoms with Crippen LogP contribution in [0.2, 0.25) is 5.02 Å². The van der Waals surface area contributed by atoms with Crippen molar-refractivity contribution in [3.8, 4) is 28.6 Å². The number of nitrogens with zero attached hydrogens (tertiary/aromatic N) is 2. The Balaban J connectivity index is 1.39. The van der Waals surface area contributed by atoms with E-state index in [1.807, 2.05) is 36.4 Å². The maximum atomic E-state index is 6.17. The van der Waals surface area contributed by atoms with Crippen LogP contribution in [0.15, 0.2) is 54.6 Å². The molecule has 2 aliphatic rings. The van der Waals surface area contributed by atoms with Crippen LogP contribution in [0, 0.1) is 5.92 Å². The number of methoxy groups -OCH3 is 2. The minimum atomic E-state index is 0.225. The molecule has 5 rings (SSSR count). The molecule has 0 bridgehead atoms. The van der Waals surface area contributed by atoms with Gasteiger partial charge in [0.2, 0.25) is 5.88 Å². The Bertz CT molecular complexity index is 1140. The summed E-state index contributed by atoms with van der Waals surface area (Å²) in [4.78, 5) is 7.06. The highest BCUT2D eigenvalue weighted by Gasteiger charge is 2.31. The number of pyridine rings is 1. The van der Waals surface area contributed by atoms with Crippen LogP contribution in [0.3, 0.4) is 0 Å². The van der Waals surface area contributed by atoms with Gasteiger partial charge in [-0.3, -0.25) is 10.3 Å². The second-order valence-electron chi connectivity index (χ2n) is 8.63. The van der Waals surface area contributed by atoms with Crippen molar-refractivity contribution in [2.45, 2.75) is 12.6 Å². The summed E-state index contributed by atoms with van der Waals surface area (Å²) in [6.45, 7) is 4.05. The monoisotopic (exact) mass is 480 g/mol. The van der Waals surface area contributed by atoms with E-state index in [-0.39, 0.29) is 6.04 Å². The lowest BCUT2D eigenvalue weighted by molar-refractivity contribution is 0.193. The molecule has 0 aliphatic carbocycles. The molecule has 0 spiro atoms. The molecule has 34 heavy (non-hydrogen) atoms. The van der Waals surface area contributed by atoms with Crippen LogP contribution in [0.4, 0.5) is 0 Å². The van der Waals surface area contributed by atoms with E-state index >= 15 is 0 Å². The Labute approximate surface area is 205 Å². The minimum Gasteiger partial charge on any atom is -0.493 e. The molecule has 0 radical (unpaired) electrons. The Hall–Kier alpha value is -2.84. The molecule has 2 atom stereocenters. The van der Waals surface area contributed by atoms with Gasteiger partial charge in [0.15, 0.2) is 11.5 Å². The maximum Gasteiger partial charge on any atom is 0.213 e. The predicted molar refractivity (Wildman–Crippen MR) is 132 cm³/mol. The summed E-state index contributed by atoms with van der Waals surface area (Å²) in [5.41, 5.74) is 10.9. The molecule has 0 amide bonds. The lowest BCUT2D eigenvalue weighted by Crippen LogP contribution is -2.34. The Kier molecular flexibility index (Phi) is 6.87. The molecule has 178 valence electrons. The van der Waals surface area contributed by atoms with Gasteiger partial charge in [0.25, 0.3) is 0 Å². The highest BCUT2D eigenvalue weighted by atomic mass is 35.5. The summed E-state index contributed by atoms with van der Waals surface area (Å²) in [6, 6.07) is 18.2. The summed E-state index contributed by atoms with van der Waals surface area (Å²) in [7, 11) is 3.30. The van der Waals surface area contributed by atoms with Crippen LogP contribution < -0.4 is 25.1 Å². The zero-order valence-electron chi connectivity index (χ0n) is 19.4. The molecular weight excluding hydrogens is 452 g/mol.